The minimum absolute atomic E-state index is 0.134. The van der Waals surface area contributed by atoms with Crippen LogP contribution < -0.4 is 5.32 Å². The summed E-state index contributed by atoms with van der Waals surface area (Å²) < 4.78 is 14.7. The molecular weight excluding hydrogens is 263 g/mol. The number of carboxylic acid groups (broad SMARTS) is 1. The van der Waals surface area contributed by atoms with Gasteiger partial charge in [-0.3, -0.25) is 0 Å². The van der Waals surface area contributed by atoms with Crippen LogP contribution in [0.3, 0.4) is 0 Å². The number of fused-ring (bicyclic) bond motifs is 1. The summed E-state index contributed by atoms with van der Waals surface area (Å²) in [7, 11) is 0. The standard InChI is InChI=1S/C13H13FN4O2/c14-9-3-1-8(2-4-9)12-16-11-7-10(15-13(19)20)5-6-18(11)17-12/h1-4,10,15H,5-7H2,(H,19,20). The first-order chi connectivity index (χ1) is 9.61. The van der Waals surface area contributed by atoms with Gasteiger partial charge in [0, 0.05) is 24.6 Å². The molecule has 0 radical (unpaired) electrons. The van der Waals surface area contributed by atoms with Crippen LogP contribution in [-0.2, 0) is 13.0 Å². The molecule has 1 aliphatic heterocycles. The van der Waals surface area contributed by atoms with Crippen LogP contribution in [0.5, 0.6) is 0 Å². The molecule has 3 rings (SSSR count). The van der Waals surface area contributed by atoms with Crippen molar-refractivity contribution in [3.63, 3.8) is 0 Å². The van der Waals surface area contributed by atoms with Crippen molar-refractivity contribution in [2.45, 2.75) is 25.4 Å². The lowest BCUT2D eigenvalue weighted by Gasteiger charge is -2.21. The zero-order valence-electron chi connectivity index (χ0n) is 10.6. The number of nitrogens with zero attached hydrogens (tertiary/aromatic N) is 3. The topological polar surface area (TPSA) is 80.0 Å². The molecule has 1 aromatic heterocycles. The van der Waals surface area contributed by atoms with E-state index < -0.39 is 6.09 Å². The van der Waals surface area contributed by atoms with E-state index in [9.17, 15) is 9.18 Å². The molecule has 7 heteroatoms. The Balaban J connectivity index is 1.83. The highest BCUT2D eigenvalue weighted by molar-refractivity contribution is 5.64. The van der Waals surface area contributed by atoms with Crippen molar-refractivity contribution >= 4 is 6.09 Å². The molecule has 0 saturated heterocycles. The Bertz CT molecular complexity index is 638. The number of hydrogen-bond acceptors (Lipinski definition) is 3. The van der Waals surface area contributed by atoms with Crippen molar-refractivity contribution in [3.05, 3.63) is 35.9 Å². The predicted octanol–water partition coefficient (Wildman–Crippen LogP) is 1.67. The van der Waals surface area contributed by atoms with Crippen molar-refractivity contribution in [1.29, 1.82) is 0 Å². The number of halogens is 1. The Morgan fingerprint density at radius 3 is 2.85 bits per heavy atom. The van der Waals surface area contributed by atoms with Crippen LogP contribution in [0, 0.1) is 5.82 Å². The lowest BCUT2D eigenvalue weighted by atomic mass is 10.1. The van der Waals surface area contributed by atoms with E-state index in [1.165, 1.54) is 12.1 Å². The summed E-state index contributed by atoms with van der Waals surface area (Å²) in [6, 6.07) is 5.85. The Hall–Kier alpha value is -2.44. The molecular formula is C13H13FN4O2. The fraction of sp³-hybridized carbons (Fsp3) is 0.308. The average molecular weight is 276 g/mol. The van der Waals surface area contributed by atoms with E-state index in [4.69, 9.17) is 5.11 Å². The molecule has 2 heterocycles. The monoisotopic (exact) mass is 276 g/mol. The number of carbonyl (C=O) groups is 1. The molecule has 0 fully saturated rings. The summed E-state index contributed by atoms with van der Waals surface area (Å²) >= 11 is 0. The zero-order chi connectivity index (χ0) is 14.1. The second-order valence-corrected chi connectivity index (χ2v) is 4.72. The number of amides is 1. The minimum atomic E-state index is -1.03. The quantitative estimate of drug-likeness (QED) is 0.874. The summed E-state index contributed by atoms with van der Waals surface area (Å²) in [4.78, 5) is 15.1. The minimum Gasteiger partial charge on any atom is -0.465 e. The van der Waals surface area contributed by atoms with Gasteiger partial charge in [-0.25, -0.2) is 18.9 Å². The van der Waals surface area contributed by atoms with Crippen molar-refractivity contribution in [3.8, 4) is 11.4 Å². The van der Waals surface area contributed by atoms with Crippen LogP contribution in [0.25, 0.3) is 11.4 Å². The molecule has 0 spiro atoms. The number of benzene rings is 1. The first-order valence-electron chi connectivity index (χ1n) is 6.31. The maximum absolute atomic E-state index is 12.9. The maximum Gasteiger partial charge on any atom is 0.404 e. The van der Waals surface area contributed by atoms with Gasteiger partial charge in [-0.15, -0.1) is 0 Å². The highest BCUT2D eigenvalue weighted by Crippen LogP contribution is 2.20. The van der Waals surface area contributed by atoms with Crippen molar-refractivity contribution < 1.29 is 14.3 Å². The van der Waals surface area contributed by atoms with Crippen LogP contribution in [0.1, 0.15) is 12.2 Å². The fourth-order valence-electron chi connectivity index (χ4n) is 2.32. The first-order valence-corrected chi connectivity index (χ1v) is 6.31. The molecule has 1 atom stereocenters. The third-order valence-electron chi connectivity index (χ3n) is 3.30. The van der Waals surface area contributed by atoms with E-state index in [2.05, 4.69) is 15.4 Å². The van der Waals surface area contributed by atoms with Crippen LogP contribution in [0.4, 0.5) is 9.18 Å². The number of hydrogen-bond donors (Lipinski definition) is 2. The van der Waals surface area contributed by atoms with Crippen molar-refractivity contribution in [2.24, 2.45) is 0 Å². The Labute approximate surface area is 114 Å². The van der Waals surface area contributed by atoms with E-state index in [0.29, 0.717) is 25.2 Å². The third kappa shape index (κ3) is 2.47. The summed E-state index contributed by atoms with van der Waals surface area (Å²) in [5.74, 6) is 0.980. The molecule has 0 aliphatic carbocycles. The predicted molar refractivity (Wildman–Crippen MR) is 68.7 cm³/mol. The second-order valence-electron chi connectivity index (χ2n) is 4.72. The number of aromatic nitrogens is 3. The molecule has 1 aromatic carbocycles. The van der Waals surface area contributed by atoms with Gasteiger partial charge in [0.1, 0.15) is 11.6 Å². The van der Waals surface area contributed by atoms with Gasteiger partial charge in [0.15, 0.2) is 5.82 Å². The molecule has 1 unspecified atom stereocenters. The molecule has 104 valence electrons. The molecule has 20 heavy (non-hydrogen) atoms. The number of rotatable bonds is 2. The van der Waals surface area contributed by atoms with E-state index in [0.717, 1.165) is 11.4 Å². The van der Waals surface area contributed by atoms with Gasteiger partial charge in [-0.05, 0) is 30.7 Å². The maximum atomic E-state index is 12.9. The van der Waals surface area contributed by atoms with E-state index in [-0.39, 0.29) is 11.9 Å². The van der Waals surface area contributed by atoms with Crippen LogP contribution >= 0.6 is 0 Å². The second kappa shape index (κ2) is 4.92. The van der Waals surface area contributed by atoms with E-state index >= 15 is 0 Å². The van der Waals surface area contributed by atoms with Gasteiger partial charge in [0.25, 0.3) is 0 Å². The van der Waals surface area contributed by atoms with Gasteiger partial charge < -0.3 is 10.4 Å². The van der Waals surface area contributed by atoms with Crippen molar-refractivity contribution in [1.82, 2.24) is 20.1 Å². The molecule has 2 aromatic rings. The van der Waals surface area contributed by atoms with Gasteiger partial charge in [0.2, 0.25) is 0 Å². The van der Waals surface area contributed by atoms with Gasteiger partial charge >= 0.3 is 6.09 Å². The van der Waals surface area contributed by atoms with Gasteiger partial charge in [-0.2, -0.15) is 5.10 Å². The van der Waals surface area contributed by atoms with Crippen LogP contribution in [-0.4, -0.2) is 32.0 Å². The largest absolute Gasteiger partial charge is 0.465 e. The molecule has 0 saturated carbocycles. The van der Waals surface area contributed by atoms with Crippen molar-refractivity contribution in [2.75, 3.05) is 0 Å². The average Bonchev–Trinajstić information content (AvgIpc) is 2.81. The van der Waals surface area contributed by atoms with Crippen LogP contribution in [0.15, 0.2) is 24.3 Å². The fourth-order valence-corrected chi connectivity index (χ4v) is 2.32. The molecule has 1 amide bonds. The highest BCUT2D eigenvalue weighted by atomic mass is 19.1. The SMILES string of the molecule is O=C(O)NC1CCn2nc(-c3ccc(F)cc3)nc2C1. The third-order valence-corrected chi connectivity index (χ3v) is 3.30. The Kier molecular flexibility index (Phi) is 3.09. The lowest BCUT2D eigenvalue weighted by molar-refractivity contribution is 0.186. The Morgan fingerprint density at radius 2 is 2.15 bits per heavy atom. The first kappa shape index (κ1) is 12.6. The zero-order valence-corrected chi connectivity index (χ0v) is 10.6. The summed E-state index contributed by atoms with van der Waals surface area (Å²) in [6.45, 7) is 0.620. The smallest absolute Gasteiger partial charge is 0.404 e. The molecule has 1 aliphatic rings. The van der Waals surface area contributed by atoms with Gasteiger partial charge in [-0.1, -0.05) is 0 Å². The summed E-state index contributed by atoms with van der Waals surface area (Å²) in [6.07, 6.45) is 0.174. The molecule has 6 nitrogen and oxygen atoms in total. The highest BCUT2D eigenvalue weighted by Gasteiger charge is 2.23. The number of aryl methyl sites for hydroxylation is 1. The normalized spacial score (nSPS) is 17.6. The number of nitrogens with one attached hydrogen (secondary N) is 1. The summed E-state index contributed by atoms with van der Waals surface area (Å²) in [5, 5.41) is 15.6. The van der Waals surface area contributed by atoms with Gasteiger partial charge in [0.05, 0.1) is 0 Å². The lowest BCUT2D eigenvalue weighted by Crippen LogP contribution is -2.39. The Morgan fingerprint density at radius 1 is 1.40 bits per heavy atom. The van der Waals surface area contributed by atoms with E-state index in [1.54, 1.807) is 16.8 Å². The molecule has 0 bridgehead atoms. The molecule has 2 N–H and O–H groups in total. The summed E-state index contributed by atoms with van der Waals surface area (Å²) in [5.41, 5.74) is 0.746. The van der Waals surface area contributed by atoms with Crippen LogP contribution in [0.2, 0.25) is 0 Å². The van der Waals surface area contributed by atoms with E-state index in [1.807, 2.05) is 0 Å².